The minimum atomic E-state index is -1.16. The summed E-state index contributed by atoms with van der Waals surface area (Å²) in [6.07, 6.45) is 5.02. The minimum absolute atomic E-state index is 0.256. The lowest BCUT2D eigenvalue weighted by Crippen LogP contribution is -2.53. The summed E-state index contributed by atoms with van der Waals surface area (Å²) in [7, 11) is 1.65. The summed E-state index contributed by atoms with van der Waals surface area (Å²) in [4.78, 5) is 13.2. The van der Waals surface area contributed by atoms with E-state index >= 15 is 0 Å². The molecule has 1 aliphatic rings. The van der Waals surface area contributed by atoms with Crippen LogP contribution in [0.1, 0.15) is 70.5 Å². The molecule has 174 valence electrons. The number of carbonyl (C=O) groups excluding carboxylic acids is 1. The fourth-order valence-electron chi connectivity index (χ4n) is 4.36. The van der Waals surface area contributed by atoms with E-state index in [4.69, 9.17) is 15.2 Å². The molecule has 0 aliphatic heterocycles. The Morgan fingerprint density at radius 2 is 1.66 bits per heavy atom. The monoisotopic (exact) mass is 438 g/mol. The Hall–Kier alpha value is -2.37. The molecule has 0 bridgehead atoms. The van der Waals surface area contributed by atoms with E-state index < -0.39 is 11.1 Å². The van der Waals surface area contributed by atoms with Gasteiger partial charge in [-0.05, 0) is 56.9 Å². The van der Waals surface area contributed by atoms with Crippen LogP contribution in [0.2, 0.25) is 0 Å². The standard InChI is InChI=1S/C27H38N2O3/c1-25(2,31-5)23(29-24(30)27(4,28)21-11-7-6-8-12-21)20-13-15-22(16-14-20)32-19-26(3)17-9-10-18-26/h6-8,11-16,23H,9-10,17-19,28H2,1-5H3,(H,29,30)/t23-,27-/m1/s1. The third kappa shape index (κ3) is 5.51. The van der Waals surface area contributed by atoms with Crippen LogP contribution >= 0.6 is 0 Å². The van der Waals surface area contributed by atoms with Crippen LogP contribution in [0.4, 0.5) is 0 Å². The Labute approximate surface area is 192 Å². The molecule has 0 aromatic heterocycles. The Morgan fingerprint density at radius 1 is 1.06 bits per heavy atom. The molecule has 3 N–H and O–H groups in total. The molecule has 0 unspecified atom stereocenters. The fourth-order valence-corrected chi connectivity index (χ4v) is 4.36. The minimum Gasteiger partial charge on any atom is -0.493 e. The van der Waals surface area contributed by atoms with Crippen molar-refractivity contribution in [2.45, 2.75) is 70.6 Å². The number of amides is 1. The maximum Gasteiger partial charge on any atom is 0.244 e. The number of ether oxygens (including phenoxy) is 2. The molecule has 0 radical (unpaired) electrons. The number of carbonyl (C=O) groups is 1. The molecule has 0 spiro atoms. The van der Waals surface area contributed by atoms with Gasteiger partial charge in [0.1, 0.15) is 11.3 Å². The van der Waals surface area contributed by atoms with E-state index in [1.807, 2.05) is 68.4 Å². The van der Waals surface area contributed by atoms with Gasteiger partial charge in [0, 0.05) is 12.5 Å². The molecule has 3 rings (SSSR count). The van der Waals surface area contributed by atoms with Crippen LogP contribution in [-0.2, 0) is 15.1 Å². The van der Waals surface area contributed by atoms with Gasteiger partial charge in [0.25, 0.3) is 0 Å². The summed E-state index contributed by atoms with van der Waals surface area (Å²) in [5, 5.41) is 3.14. The highest BCUT2D eigenvalue weighted by atomic mass is 16.5. The normalized spacial score (nSPS) is 18.6. The highest BCUT2D eigenvalue weighted by Crippen LogP contribution is 2.38. The third-order valence-electron chi connectivity index (χ3n) is 6.95. The molecule has 5 nitrogen and oxygen atoms in total. The van der Waals surface area contributed by atoms with Crippen LogP contribution in [0.5, 0.6) is 5.75 Å². The molecule has 2 aromatic rings. The van der Waals surface area contributed by atoms with Crippen molar-refractivity contribution < 1.29 is 14.3 Å². The first-order valence-corrected chi connectivity index (χ1v) is 11.5. The number of methoxy groups -OCH3 is 1. The fraction of sp³-hybridized carbons (Fsp3) is 0.519. The number of hydrogen-bond donors (Lipinski definition) is 2. The predicted molar refractivity (Wildman–Crippen MR) is 128 cm³/mol. The van der Waals surface area contributed by atoms with Gasteiger partial charge in [0.2, 0.25) is 5.91 Å². The molecule has 5 heteroatoms. The molecule has 1 aliphatic carbocycles. The van der Waals surface area contributed by atoms with E-state index in [2.05, 4.69) is 12.2 Å². The molecule has 1 fully saturated rings. The van der Waals surface area contributed by atoms with Gasteiger partial charge in [-0.2, -0.15) is 0 Å². The van der Waals surface area contributed by atoms with Crippen LogP contribution < -0.4 is 15.8 Å². The largest absolute Gasteiger partial charge is 0.493 e. The topological polar surface area (TPSA) is 73.6 Å². The van der Waals surface area contributed by atoms with Gasteiger partial charge in [-0.1, -0.05) is 62.2 Å². The van der Waals surface area contributed by atoms with Crippen molar-refractivity contribution in [3.8, 4) is 5.75 Å². The van der Waals surface area contributed by atoms with Crippen molar-refractivity contribution in [1.29, 1.82) is 0 Å². The number of hydrogen-bond acceptors (Lipinski definition) is 4. The van der Waals surface area contributed by atoms with Crippen molar-refractivity contribution >= 4 is 5.91 Å². The smallest absolute Gasteiger partial charge is 0.244 e. The van der Waals surface area contributed by atoms with Gasteiger partial charge in [-0.15, -0.1) is 0 Å². The van der Waals surface area contributed by atoms with E-state index in [1.165, 1.54) is 25.7 Å². The maximum absolute atomic E-state index is 13.2. The third-order valence-corrected chi connectivity index (χ3v) is 6.95. The SMILES string of the molecule is COC(C)(C)[C@H](NC(=O)[C@](C)(N)c1ccccc1)c1ccc(OCC2(C)CCCC2)cc1. The van der Waals surface area contributed by atoms with E-state index in [9.17, 15) is 4.79 Å². The van der Waals surface area contributed by atoms with Gasteiger partial charge >= 0.3 is 0 Å². The van der Waals surface area contributed by atoms with Crippen molar-refractivity contribution in [1.82, 2.24) is 5.32 Å². The second kappa shape index (κ2) is 9.63. The zero-order chi connectivity index (χ0) is 23.4. The Morgan fingerprint density at radius 3 is 2.22 bits per heavy atom. The quantitative estimate of drug-likeness (QED) is 0.571. The average Bonchev–Trinajstić information content (AvgIpc) is 3.23. The van der Waals surface area contributed by atoms with Crippen LogP contribution in [0.25, 0.3) is 0 Å². The summed E-state index contributed by atoms with van der Waals surface area (Å²) in [6, 6.07) is 17.0. The summed E-state index contributed by atoms with van der Waals surface area (Å²) in [5.74, 6) is 0.587. The molecule has 0 heterocycles. The van der Waals surface area contributed by atoms with Gasteiger partial charge < -0.3 is 20.5 Å². The average molecular weight is 439 g/mol. The number of benzene rings is 2. The molecular formula is C27H38N2O3. The van der Waals surface area contributed by atoms with E-state index in [0.29, 0.717) is 0 Å². The molecule has 32 heavy (non-hydrogen) atoms. The first-order chi connectivity index (χ1) is 15.1. The second-order valence-corrected chi connectivity index (χ2v) is 10.2. The lowest BCUT2D eigenvalue weighted by atomic mass is 9.88. The molecular weight excluding hydrogens is 400 g/mol. The lowest BCUT2D eigenvalue weighted by Gasteiger charge is -2.36. The summed E-state index contributed by atoms with van der Waals surface area (Å²) in [5.41, 5.74) is 6.63. The van der Waals surface area contributed by atoms with E-state index in [1.54, 1.807) is 14.0 Å². The van der Waals surface area contributed by atoms with E-state index in [-0.39, 0.29) is 17.4 Å². The molecule has 1 saturated carbocycles. The number of nitrogens with two attached hydrogens (primary N) is 1. The lowest BCUT2D eigenvalue weighted by molar-refractivity contribution is -0.129. The molecule has 0 saturated heterocycles. The van der Waals surface area contributed by atoms with Gasteiger partial charge in [0.15, 0.2) is 0 Å². The number of nitrogens with one attached hydrogen (secondary N) is 1. The highest BCUT2D eigenvalue weighted by Gasteiger charge is 2.38. The van der Waals surface area contributed by atoms with Crippen molar-refractivity contribution in [3.05, 3.63) is 65.7 Å². The van der Waals surface area contributed by atoms with Gasteiger partial charge in [-0.25, -0.2) is 0 Å². The molecule has 1 amide bonds. The van der Waals surface area contributed by atoms with E-state index in [0.717, 1.165) is 23.5 Å². The van der Waals surface area contributed by atoms with Crippen LogP contribution in [0.3, 0.4) is 0 Å². The Balaban J connectivity index is 1.76. The first kappa shape index (κ1) is 24.3. The summed E-state index contributed by atoms with van der Waals surface area (Å²) in [6.45, 7) is 8.69. The van der Waals surface area contributed by atoms with Crippen LogP contribution in [-0.4, -0.2) is 25.2 Å². The molecule has 2 atom stereocenters. The zero-order valence-electron chi connectivity index (χ0n) is 20.1. The Bertz CT molecular complexity index is 885. The Kier molecular flexibility index (Phi) is 7.31. The van der Waals surface area contributed by atoms with Crippen LogP contribution in [0, 0.1) is 5.41 Å². The summed E-state index contributed by atoms with van der Waals surface area (Å²) >= 11 is 0. The number of rotatable bonds is 9. The first-order valence-electron chi connectivity index (χ1n) is 11.5. The summed E-state index contributed by atoms with van der Waals surface area (Å²) < 4.78 is 11.8. The van der Waals surface area contributed by atoms with Gasteiger partial charge in [-0.3, -0.25) is 4.79 Å². The van der Waals surface area contributed by atoms with Crippen LogP contribution in [0.15, 0.2) is 54.6 Å². The zero-order valence-corrected chi connectivity index (χ0v) is 20.1. The maximum atomic E-state index is 13.2. The van der Waals surface area contributed by atoms with Gasteiger partial charge in [0.05, 0.1) is 18.2 Å². The molecule has 2 aromatic carbocycles. The van der Waals surface area contributed by atoms with Crippen molar-refractivity contribution in [3.63, 3.8) is 0 Å². The van der Waals surface area contributed by atoms with Crippen molar-refractivity contribution in [2.24, 2.45) is 11.1 Å². The van der Waals surface area contributed by atoms with Crippen molar-refractivity contribution in [2.75, 3.05) is 13.7 Å². The predicted octanol–water partition coefficient (Wildman–Crippen LogP) is 5.10. The highest BCUT2D eigenvalue weighted by molar-refractivity contribution is 5.87. The second-order valence-electron chi connectivity index (χ2n) is 10.2.